The van der Waals surface area contributed by atoms with Crippen LogP contribution in [-0.4, -0.2) is 23.1 Å². The molecule has 4 heteroatoms. The Morgan fingerprint density at radius 3 is 1.43 bits per heavy atom. The number of allylic oxidation sites excluding steroid dienone is 4. The van der Waals surface area contributed by atoms with Crippen molar-refractivity contribution in [1.82, 2.24) is 0 Å². The molecule has 4 atom stereocenters. The highest BCUT2D eigenvalue weighted by Gasteiger charge is 2.41. The SMILES string of the molecule is CCC(C)(CC1C(C)=CCCC1(C)C)OC(=O)CC(=O)OC(C)(CC)CC1C(C)=CCCC1(C)C. The van der Waals surface area contributed by atoms with Crippen molar-refractivity contribution in [1.29, 1.82) is 0 Å². The predicted molar refractivity (Wildman–Crippen MR) is 144 cm³/mol. The number of carbonyl (C=O) groups is 2. The Labute approximate surface area is 215 Å². The molecule has 0 heterocycles. The van der Waals surface area contributed by atoms with Crippen LogP contribution < -0.4 is 0 Å². The minimum atomic E-state index is -0.603. The summed E-state index contributed by atoms with van der Waals surface area (Å²) in [4.78, 5) is 25.8. The smallest absolute Gasteiger partial charge is 0.317 e. The minimum absolute atomic E-state index is 0.170. The Morgan fingerprint density at radius 2 is 1.14 bits per heavy atom. The zero-order valence-electron chi connectivity index (χ0n) is 24.3. The van der Waals surface area contributed by atoms with Crippen molar-refractivity contribution < 1.29 is 19.1 Å². The quantitative estimate of drug-likeness (QED) is 0.176. The van der Waals surface area contributed by atoms with Gasteiger partial charge in [-0.15, -0.1) is 0 Å². The second-order valence-corrected chi connectivity index (χ2v) is 13.2. The van der Waals surface area contributed by atoms with Gasteiger partial charge in [0.1, 0.15) is 17.6 Å². The van der Waals surface area contributed by atoms with E-state index in [1.807, 2.05) is 13.8 Å². The summed E-state index contributed by atoms with van der Waals surface area (Å²) >= 11 is 0. The van der Waals surface area contributed by atoms with Crippen molar-refractivity contribution >= 4 is 11.9 Å². The molecule has 0 aromatic rings. The van der Waals surface area contributed by atoms with Crippen LogP contribution in [0.5, 0.6) is 0 Å². The molecular weight excluding hydrogens is 436 g/mol. The van der Waals surface area contributed by atoms with Crippen LogP contribution in [-0.2, 0) is 19.1 Å². The van der Waals surface area contributed by atoms with E-state index in [-0.39, 0.29) is 17.3 Å². The first-order valence-corrected chi connectivity index (χ1v) is 13.8. The molecule has 0 aromatic heterocycles. The molecule has 200 valence electrons. The van der Waals surface area contributed by atoms with E-state index >= 15 is 0 Å². The van der Waals surface area contributed by atoms with Gasteiger partial charge in [-0.05, 0) is 102 Å². The maximum absolute atomic E-state index is 12.9. The first-order valence-electron chi connectivity index (χ1n) is 13.8. The van der Waals surface area contributed by atoms with E-state index in [0.717, 1.165) is 38.5 Å². The van der Waals surface area contributed by atoms with Gasteiger partial charge in [-0.1, -0.05) is 64.8 Å². The molecule has 0 amide bonds. The standard InChI is InChI=1S/C31H52O4/c1-11-30(9,20-24-22(3)15-13-17-28(24,5)6)34-26(32)19-27(33)35-31(10,12-2)21-25-23(4)16-14-18-29(25,7)8/h15-16,24-25H,11-14,17-21H2,1-10H3. The molecule has 2 aliphatic carbocycles. The average molecular weight is 489 g/mol. The highest BCUT2D eigenvalue weighted by atomic mass is 16.6. The van der Waals surface area contributed by atoms with Gasteiger partial charge >= 0.3 is 11.9 Å². The molecule has 0 fully saturated rings. The fourth-order valence-corrected chi connectivity index (χ4v) is 6.20. The highest BCUT2D eigenvalue weighted by molar-refractivity contribution is 5.91. The number of rotatable bonds is 10. The lowest BCUT2D eigenvalue weighted by Crippen LogP contribution is -2.41. The van der Waals surface area contributed by atoms with Crippen molar-refractivity contribution in [3.63, 3.8) is 0 Å². The van der Waals surface area contributed by atoms with Crippen molar-refractivity contribution in [3.8, 4) is 0 Å². The van der Waals surface area contributed by atoms with Crippen LogP contribution in [0.15, 0.2) is 23.3 Å². The van der Waals surface area contributed by atoms with Crippen LogP contribution >= 0.6 is 0 Å². The Hall–Kier alpha value is -1.58. The molecule has 0 aliphatic heterocycles. The van der Waals surface area contributed by atoms with E-state index < -0.39 is 23.1 Å². The van der Waals surface area contributed by atoms with Gasteiger partial charge in [-0.3, -0.25) is 9.59 Å². The van der Waals surface area contributed by atoms with Gasteiger partial charge in [0.2, 0.25) is 0 Å². The molecular formula is C31H52O4. The lowest BCUT2D eigenvalue weighted by Gasteiger charge is -2.43. The van der Waals surface area contributed by atoms with Crippen LogP contribution in [0, 0.1) is 22.7 Å². The van der Waals surface area contributed by atoms with Crippen LogP contribution in [0.3, 0.4) is 0 Å². The van der Waals surface area contributed by atoms with Crippen molar-refractivity contribution in [2.45, 2.75) is 138 Å². The molecule has 0 spiro atoms. The summed E-state index contributed by atoms with van der Waals surface area (Å²) < 4.78 is 11.9. The normalized spacial score (nSPS) is 27.0. The van der Waals surface area contributed by atoms with Gasteiger partial charge in [0, 0.05) is 0 Å². The van der Waals surface area contributed by atoms with Crippen molar-refractivity contribution in [3.05, 3.63) is 23.3 Å². The predicted octanol–water partition coefficient (Wildman–Crippen LogP) is 8.35. The molecule has 4 nitrogen and oxygen atoms in total. The Kier molecular flexibility index (Phi) is 9.50. The molecule has 0 bridgehead atoms. The van der Waals surface area contributed by atoms with E-state index in [0.29, 0.717) is 24.7 Å². The fourth-order valence-electron chi connectivity index (χ4n) is 6.20. The molecule has 2 aliphatic rings. The second kappa shape index (κ2) is 11.2. The zero-order valence-corrected chi connectivity index (χ0v) is 24.3. The minimum Gasteiger partial charge on any atom is -0.459 e. The van der Waals surface area contributed by atoms with Gasteiger partial charge in [0.25, 0.3) is 0 Å². The summed E-state index contributed by atoms with van der Waals surface area (Å²) in [6.45, 7) is 21.7. The first kappa shape index (κ1) is 29.6. The summed E-state index contributed by atoms with van der Waals surface area (Å²) in [7, 11) is 0. The van der Waals surface area contributed by atoms with Gasteiger partial charge in [-0.25, -0.2) is 0 Å². The van der Waals surface area contributed by atoms with Crippen LogP contribution in [0.2, 0.25) is 0 Å². The van der Waals surface area contributed by atoms with Gasteiger partial charge < -0.3 is 9.47 Å². The molecule has 0 aromatic carbocycles. The molecule has 35 heavy (non-hydrogen) atoms. The van der Waals surface area contributed by atoms with E-state index in [1.54, 1.807) is 0 Å². The third kappa shape index (κ3) is 7.70. The summed E-state index contributed by atoms with van der Waals surface area (Å²) in [6.07, 6.45) is 11.8. The lowest BCUT2D eigenvalue weighted by atomic mass is 9.65. The van der Waals surface area contributed by atoms with Crippen molar-refractivity contribution in [2.75, 3.05) is 0 Å². The summed E-state index contributed by atoms with van der Waals surface area (Å²) in [5.74, 6) is -0.247. The summed E-state index contributed by atoms with van der Waals surface area (Å²) in [5, 5.41) is 0. The number of ether oxygens (including phenoxy) is 2. The van der Waals surface area contributed by atoms with E-state index in [4.69, 9.17) is 9.47 Å². The summed E-state index contributed by atoms with van der Waals surface area (Å²) in [5.41, 5.74) is 1.89. The first-order chi connectivity index (χ1) is 16.1. The van der Waals surface area contributed by atoms with E-state index in [9.17, 15) is 9.59 Å². The third-order valence-electron chi connectivity index (χ3n) is 9.27. The maximum Gasteiger partial charge on any atom is 0.317 e. The largest absolute Gasteiger partial charge is 0.459 e. The van der Waals surface area contributed by atoms with Gasteiger partial charge in [0.05, 0.1) is 0 Å². The number of carbonyl (C=O) groups excluding carboxylic acids is 2. The Morgan fingerprint density at radius 1 is 0.800 bits per heavy atom. The molecule has 0 saturated heterocycles. The lowest BCUT2D eigenvalue weighted by molar-refractivity contribution is -0.172. The number of hydrogen-bond donors (Lipinski definition) is 0. The van der Waals surface area contributed by atoms with E-state index in [1.165, 1.54) is 11.1 Å². The third-order valence-corrected chi connectivity index (χ3v) is 9.27. The van der Waals surface area contributed by atoms with Crippen LogP contribution in [0.4, 0.5) is 0 Å². The Bertz CT molecular complexity index is 765. The molecule has 0 radical (unpaired) electrons. The molecule has 0 N–H and O–H groups in total. The molecule has 0 saturated carbocycles. The summed E-state index contributed by atoms with van der Waals surface area (Å²) in [6, 6.07) is 0. The van der Waals surface area contributed by atoms with Gasteiger partial charge in [0.15, 0.2) is 0 Å². The Balaban J connectivity index is 2.02. The van der Waals surface area contributed by atoms with Crippen molar-refractivity contribution in [2.24, 2.45) is 22.7 Å². The number of hydrogen-bond acceptors (Lipinski definition) is 4. The second-order valence-electron chi connectivity index (χ2n) is 13.2. The van der Waals surface area contributed by atoms with Gasteiger partial charge in [-0.2, -0.15) is 0 Å². The highest BCUT2D eigenvalue weighted by Crippen LogP contribution is 2.47. The van der Waals surface area contributed by atoms with Crippen LogP contribution in [0.25, 0.3) is 0 Å². The average Bonchev–Trinajstić information content (AvgIpc) is 2.73. The molecule has 2 rings (SSSR count). The zero-order chi connectivity index (χ0) is 26.7. The molecule has 4 unspecified atom stereocenters. The van der Waals surface area contributed by atoms with Crippen LogP contribution in [0.1, 0.15) is 127 Å². The number of esters is 2. The maximum atomic E-state index is 12.9. The van der Waals surface area contributed by atoms with E-state index in [2.05, 4.69) is 67.5 Å². The fraction of sp³-hybridized carbons (Fsp3) is 0.806. The monoisotopic (exact) mass is 488 g/mol. The topological polar surface area (TPSA) is 52.6 Å².